The van der Waals surface area contributed by atoms with E-state index in [0.717, 1.165) is 19.3 Å². The van der Waals surface area contributed by atoms with Gasteiger partial charge in [-0.25, -0.2) is 8.42 Å². The number of halogens is 1. The van der Waals surface area contributed by atoms with Crippen LogP contribution in [0.5, 0.6) is 0 Å². The molecule has 2 unspecified atom stereocenters. The van der Waals surface area contributed by atoms with Crippen molar-refractivity contribution in [3.63, 3.8) is 0 Å². The zero-order chi connectivity index (χ0) is 10.6. The Labute approximate surface area is 91.9 Å². The lowest BCUT2D eigenvalue weighted by atomic mass is 9.91. The summed E-state index contributed by atoms with van der Waals surface area (Å²) in [5, 5.41) is -0.0885. The van der Waals surface area contributed by atoms with Gasteiger partial charge in [-0.3, -0.25) is 0 Å². The first-order valence-electron chi connectivity index (χ1n) is 5.34. The number of alkyl halides is 1. The topological polar surface area (TPSA) is 34.1 Å². The normalized spacial score (nSPS) is 29.0. The van der Waals surface area contributed by atoms with Gasteiger partial charge in [-0.05, 0) is 25.2 Å². The quantitative estimate of drug-likeness (QED) is 0.706. The summed E-state index contributed by atoms with van der Waals surface area (Å²) in [5.74, 6) is 1.29. The Kier molecular flexibility index (Phi) is 4.71. The van der Waals surface area contributed by atoms with E-state index in [4.69, 9.17) is 11.6 Å². The maximum absolute atomic E-state index is 11.8. The molecule has 84 valence electrons. The molecule has 14 heavy (non-hydrogen) atoms. The van der Waals surface area contributed by atoms with Crippen LogP contribution in [0.25, 0.3) is 0 Å². The van der Waals surface area contributed by atoms with Crippen molar-refractivity contribution in [3.05, 3.63) is 0 Å². The fraction of sp³-hybridized carbons (Fsp3) is 1.00. The monoisotopic (exact) mass is 238 g/mol. The van der Waals surface area contributed by atoms with E-state index in [2.05, 4.69) is 6.92 Å². The van der Waals surface area contributed by atoms with Gasteiger partial charge < -0.3 is 0 Å². The first kappa shape index (κ1) is 12.3. The molecule has 1 fully saturated rings. The van der Waals surface area contributed by atoms with Gasteiger partial charge in [0.05, 0.1) is 11.0 Å². The van der Waals surface area contributed by atoms with E-state index >= 15 is 0 Å². The predicted molar refractivity (Wildman–Crippen MR) is 60.5 cm³/mol. The van der Waals surface area contributed by atoms with Crippen LogP contribution in [-0.4, -0.2) is 25.3 Å². The van der Waals surface area contributed by atoms with E-state index in [9.17, 15) is 8.42 Å². The third-order valence-electron chi connectivity index (χ3n) is 2.96. The average molecular weight is 239 g/mol. The molecule has 1 aliphatic carbocycles. The van der Waals surface area contributed by atoms with Crippen molar-refractivity contribution in [1.82, 2.24) is 0 Å². The van der Waals surface area contributed by atoms with Crippen molar-refractivity contribution < 1.29 is 8.42 Å². The smallest absolute Gasteiger partial charge is 0.153 e. The Hall–Kier alpha value is 0.240. The Morgan fingerprint density at radius 3 is 2.64 bits per heavy atom. The maximum Gasteiger partial charge on any atom is 0.153 e. The molecule has 0 saturated heterocycles. The predicted octanol–water partition coefficient (Wildman–Crippen LogP) is 2.61. The standard InChI is InChI=1S/C10H19ClO2S/c1-9-4-2-5-10(8-9)14(12,13)7-3-6-11/h9-10H,2-8H2,1H3. The molecule has 0 aromatic rings. The summed E-state index contributed by atoms with van der Waals surface area (Å²) in [6.45, 7) is 2.14. The summed E-state index contributed by atoms with van der Waals surface area (Å²) in [5.41, 5.74) is 0. The lowest BCUT2D eigenvalue weighted by molar-refractivity contribution is 0.382. The fourth-order valence-electron chi connectivity index (χ4n) is 2.13. The van der Waals surface area contributed by atoms with Crippen LogP contribution in [-0.2, 0) is 9.84 Å². The molecule has 0 aromatic heterocycles. The average Bonchev–Trinajstić information content (AvgIpc) is 2.15. The van der Waals surface area contributed by atoms with E-state index < -0.39 is 9.84 Å². The Morgan fingerprint density at radius 1 is 1.36 bits per heavy atom. The van der Waals surface area contributed by atoms with Crippen LogP contribution < -0.4 is 0 Å². The number of sulfone groups is 1. The minimum absolute atomic E-state index is 0.0885. The van der Waals surface area contributed by atoms with Gasteiger partial charge in [0.25, 0.3) is 0 Å². The third kappa shape index (κ3) is 3.43. The van der Waals surface area contributed by atoms with Crippen molar-refractivity contribution >= 4 is 21.4 Å². The lowest BCUT2D eigenvalue weighted by Gasteiger charge is -2.26. The molecule has 0 spiro atoms. The van der Waals surface area contributed by atoms with Gasteiger partial charge in [0.15, 0.2) is 9.84 Å². The van der Waals surface area contributed by atoms with Crippen LogP contribution >= 0.6 is 11.6 Å². The Bertz CT molecular complexity index is 261. The first-order chi connectivity index (χ1) is 6.56. The second-order valence-electron chi connectivity index (χ2n) is 4.30. The van der Waals surface area contributed by atoms with Crippen LogP contribution in [0.2, 0.25) is 0 Å². The molecule has 1 rings (SSSR count). The van der Waals surface area contributed by atoms with Crippen LogP contribution in [0.4, 0.5) is 0 Å². The zero-order valence-electron chi connectivity index (χ0n) is 8.71. The molecule has 0 aliphatic heterocycles. The van der Waals surface area contributed by atoms with E-state index in [0.29, 0.717) is 18.2 Å². The molecule has 4 heteroatoms. The summed E-state index contributed by atoms with van der Waals surface area (Å²) in [6, 6.07) is 0. The molecular weight excluding hydrogens is 220 g/mol. The van der Waals surface area contributed by atoms with Crippen molar-refractivity contribution in [2.75, 3.05) is 11.6 Å². The van der Waals surface area contributed by atoms with Crippen LogP contribution in [0, 0.1) is 5.92 Å². The summed E-state index contributed by atoms with van der Waals surface area (Å²) in [6.07, 6.45) is 4.54. The lowest BCUT2D eigenvalue weighted by Crippen LogP contribution is -2.29. The van der Waals surface area contributed by atoms with Crippen LogP contribution in [0.15, 0.2) is 0 Å². The summed E-state index contributed by atoms with van der Waals surface area (Å²) >= 11 is 5.51. The highest BCUT2D eigenvalue weighted by atomic mass is 35.5. The second-order valence-corrected chi connectivity index (χ2v) is 7.08. The fourth-order valence-corrected chi connectivity index (χ4v) is 4.45. The van der Waals surface area contributed by atoms with Gasteiger partial charge in [-0.1, -0.05) is 19.8 Å². The molecule has 0 amide bonds. The first-order valence-corrected chi connectivity index (χ1v) is 7.59. The molecule has 0 radical (unpaired) electrons. The van der Waals surface area contributed by atoms with Crippen LogP contribution in [0.1, 0.15) is 39.0 Å². The molecule has 0 aromatic carbocycles. The van der Waals surface area contributed by atoms with Gasteiger partial charge in [-0.15, -0.1) is 11.6 Å². The minimum Gasteiger partial charge on any atom is -0.229 e. The Balaban J connectivity index is 2.53. The molecule has 0 heterocycles. The zero-order valence-corrected chi connectivity index (χ0v) is 10.3. The van der Waals surface area contributed by atoms with E-state index in [-0.39, 0.29) is 11.0 Å². The molecule has 1 aliphatic rings. The number of hydrogen-bond donors (Lipinski definition) is 0. The van der Waals surface area contributed by atoms with Crippen LogP contribution in [0.3, 0.4) is 0 Å². The highest BCUT2D eigenvalue weighted by Gasteiger charge is 2.29. The molecule has 2 atom stereocenters. The summed E-state index contributed by atoms with van der Waals surface area (Å²) < 4.78 is 23.7. The van der Waals surface area contributed by atoms with E-state index in [1.807, 2.05) is 0 Å². The van der Waals surface area contributed by atoms with Crippen molar-refractivity contribution in [2.24, 2.45) is 5.92 Å². The maximum atomic E-state index is 11.8. The summed E-state index contributed by atoms with van der Waals surface area (Å²) in [7, 11) is -2.86. The largest absolute Gasteiger partial charge is 0.229 e. The molecule has 2 nitrogen and oxygen atoms in total. The minimum atomic E-state index is -2.86. The molecule has 0 N–H and O–H groups in total. The van der Waals surface area contributed by atoms with Gasteiger partial charge >= 0.3 is 0 Å². The van der Waals surface area contributed by atoms with Crippen molar-refractivity contribution in [3.8, 4) is 0 Å². The van der Waals surface area contributed by atoms with E-state index in [1.165, 1.54) is 6.42 Å². The molecule has 1 saturated carbocycles. The second kappa shape index (κ2) is 5.36. The molecule has 0 bridgehead atoms. The summed E-state index contributed by atoms with van der Waals surface area (Å²) in [4.78, 5) is 0. The molecular formula is C10H19ClO2S. The van der Waals surface area contributed by atoms with Crippen molar-refractivity contribution in [1.29, 1.82) is 0 Å². The van der Waals surface area contributed by atoms with E-state index in [1.54, 1.807) is 0 Å². The Morgan fingerprint density at radius 2 is 2.07 bits per heavy atom. The third-order valence-corrected chi connectivity index (χ3v) is 5.53. The number of rotatable bonds is 4. The SMILES string of the molecule is CC1CCCC(S(=O)(=O)CCCCl)C1. The van der Waals surface area contributed by atoms with Gasteiger partial charge in [0.1, 0.15) is 0 Å². The van der Waals surface area contributed by atoms with Gasteiger partial charge in [0.2, 0.25) is 0 Å². The van der Waals surface area contributed by atoms with Gasteiger partial charge in [-0.2, -0.15) is 0 Å². The van der Waals surface area contributed by atoms with Crippen molar-refractivity contribution in [2.45, 2.75) is 44.3 Å². The van der Waals surface area contributed by atoms with Gasteiger partial charge in [0, 0.05) is 5.88 Å². The number of hydrogen-bond acceptors (Lipinski definition) is 2. The highest BCUT2D eigenvalue weighted by Crippen LogP contribution is 2.28. The highest BCUT2D eigenvalue weighted by molar-refractivity contribution is 7.92.